The van der Waals surface area contributed by atoms with E-state index in [1.807, 2.05) is 60.7 Å². The van der Waals surface area contributed by atoms with Crippen molar-refractivity contribution in [3.8, 4) is 11.5 Å². The number of ether oxygens (including phenoxy) is 2. The summed E-state index contributed by atoms with van der Waals surface area (Å²) >= 11 is 0. The SMILES string of the molecule is COc1ccc([C@@H]2C=C(c3c(OC(C)=O)ccc4ccccc34)NN2C(C)=O)cc1. The second kappa shape index (κ2) is 7.91. The van der Waals surface area contributed by atoms with Gasteiger partial charge < -0.3 is 9.47 Å². The summed E-state index contributed by atoms with van der Waals surface area (Å²) in [5.74, 6) is 0.657. The first-order valence-electron chi connectivity index (χ1n) is 9.60. The summed E-state index contributed by atoms with van der Waals surface area (Å²) in [4.78, 5) is 24.1. The number of carbonyl (C=O) groups is 2. The van der Waals surface area contributed by atoms with Crippen LogP contribution < -0.4 is 14.9 Å². The van der Waals surface area contributed by atoms with Crippen molar-refractivity contribution < 1.29 is 19.1 Å². The molecule has 6 nitrogen and oxygen atoms in total. The second-order valence-electron chi connectivity index (χ2n) is 7.05. The third kappa shape index (κ3) is 3.59. The zero-order chi connectivity index (χ0) is 21.3. The molecule has 1 aliphatic heterocycles. The van der Waals surface area contributed by atoms with Crippen molar-refractivity contribution in [3.05, 3.63) is 77.9 Å². The Balaban J connectivity index is 1.85. The molecule has 0 spiro atoms. The van der Waals surface area contributed by atoms with E-state index in [0.29, 0.717) is 11.4 Å². The Morgan fingerprint density at radius 1 is 0.967 bits per heavy atom. The molecule has 0 saturated heterocycles. The molecule has 152 valence electrons. The largest absolute Gasteiger partial charge is 0.497 e. The number of fused-ring (bicyclic) bond motifs is 1. The topological polar surface area (TPSA) is 67.9 Å². The minimum absolute atomic E-state index is 0.128. The molecule has 0 aliphatic carbocycles. The molecule has 30 heavy (non-hydrogen) atoms. The number of hydrogen-bond acceptors (Lipinski definition) is 5. The Morgan fingerprint density at radius 2 is 1.70 bits per heavy atom. The van der Waals surface area contributed by atoms with E-state index in [9.17, 15) is 9.59 Å². The van der Waals surface area contributed by atoms with Gasteiger partial charge in [0.25, 0.3) is 0 Å². The van der Waals surface area contributed by atoms with Crippen LogP contribution in [0.4, 0.5) is 0 Å². The molecule has 0 aromatic heterocycles. The van der Waals surface area contributed by atoms with Crippen LogP contribution >= 0.6 is 0 Å². The first kappa shape index (κ1) is 19.5. The molecule has 1 atom stereocenters. The lowest BCUT2D eigenvalue weighted by atomic mass is 9.99. The summed E-state index contributed by atoms with van der Waals surface area (Å²) in [7, 11) is 1.61. The van der Waals surface area contributed by atoms with Gasteiger partial charge in [0.15, 0.2) is 0 Å². The number of esters is 1. The maximum atomic E-state index is 12.4. The number of carbonyl (C=O) groups excluding carboxylic acids is 2. The Morgan fingerprint density at radius 3 is 2.37 bits per heavy atom. The molecular formula is C24H22N2O4. The average molecular weight is 402 g/mol. The molecule has 1 aliphatic rings. The van der Waals surface area contributed by atoms with Gasteiger partial charge in [0.1, 0.15) is 11.5 Å². The summed E-state index contributed by atoms with van der Waals surface area (Å²) in [5.41, 5.74) is 5.59. The Labute approximate surface area is 174 Å². The molecule has 4 rings (SSSR count). The van der Waals surface area contributed by atoms with Crippen LogP contribution in [0.15, 0.2) is 66.7 Å². The van der Waals surface area contributed by atoms with Crippen molar-refractivity contribution in [1.29, 1.82) is 0 Å². The van der Waals surface area contributed by atoms with Crippen molar-refractivity contribution in [2.75, 3.05) is 7.11 Å². The van der Waals surface area contributed by atoms with Gasteiger partial charge in [0, 0.05) is 19.4 Å². The van der Waals surface area contributed by atoms with Gasteiger partial charge in [-0.1, -0.05) is 42.5 Å². The third-order valence-electron chi connectivity index (χ3n) is 5.05. The number of rotatable bonds is 4. The van der Waals surface area contributed by atoms with E-state index in [-0.39, 0.29) is 11.9 Å². The van der Waals surface area contributed by atoms with Crippen LogP contribution in [-0.4, -0.2) is 24.0 Å². The lowest BCUT2D eigenvalue weighted by molar-refractivity contribution is -0.133. The number of nitrogens with one attached hydrogen (secondary N) is 1. The van der Waals surface area contributed by atoms with Crippen LogP contribution in [0, 0.1) is 0 Å². The number of amides is 1. The minimum atomic E-state index is -0.403. The Bertz CT molecular complexity index is 1150. The van der Waals surface area contributed by atoms with Crippen LogP contribution in [0.5, 0.6) is 11.5 Å². The summed E-state index contributed by atoms with van der Waals surface area (Å²) in [6.07, 6.45) is 1.97. The molecule has 0 unspecified atom stereocenters. The Hall–Kier alpha value is -3.80. The van der Waals surface area contributed by atoms with Gasteiger partial charge in [-0.15, -0.1) is 0 Å². The van der Waals surface area contributed by atoms with Gasteiger partial charge in [0.05, 0.1) is 18.8 Å². The van der Waals surface area contributed by atoms with E-state index in [1.54, 1.807) is 18.2 Å². The lowest BCUT2D eigenvalue weighted by Gasteiger charge is -2.24. The summed E-state index contributed by atoms with van der Waals surface area (Å²) < 4.78 is 10.7. The lowest BCUT2D eigenvalue weighted by Crippen LogP contribution is -2.37. The zero-order valence-corrected chi connectivity index (χ0v) is 17.0. The van der Waals surface area contributed by atoms with Gasteiger partial charge in [-0.3, -0.25) is 15.0 Å². The summed E-state index contributed by atoms with van der Waals surface area (Å²) in [5, 5.41) is 3.50. The molecule has 1 N–H and O–H groups in total. The first-order chi connectivity index (χ1) is 14.5. The van der Waals surface area contributed by atoms with Crippen molar-refractivity contribution in [2.24, 2.45) is 0 Å². The normalized spacial score (nSPS) is 15.5. The zero-order valence-electron chi connectivity index (χ0n) is 17.0. The monoisotopic (exact) mass is 402 g/mol. The number of benzene rings is 3. The predicted octanol–water partition coefficient (Wildman–Crippen LogP) is 4.22. The minimum Gasteiger partial charge on any atom is -0.497 e. The van der Waals surface area contributed by atoms with Gasteiger partial charge in [-0.05, 0) is 40.6 Å². The molecule has 0 bridgehead atoms. The highest BCUT2D eigenvalue weighted by atomic mass is 16.5. The molecule has 6 heteroatoms. The van der Waals surface area contributed by atoms with Crippen molar-refractivity contribution in [1.82, 2.24) is 10.4 Å². The predicted molar refractivity (Wildman–Crippen MR) is 115 cm³/mol. The average Bonchev–Trinajstić information content (AvgIpc) is 3.18. The van der Waals surface area contributed by atoms with Crippen molar-refractivity contribution in [2.45, 2.75) is 19.9 Å². The van der Waals surface area contributed by atoms with E-state index in [4.69, 9.17) is 9.47 Å². The number of hydrazine groups is 1. The van der Waals surface area contributed by atoms with Crippen LogP contribution in [0.2, 0.25) is 0 Å². The highest BCUT2D eigenvalue weighted by Crippen LogP contribution is 2.39. The fourth-order valence-electron chi connectivity index (χ4n) is 3.70. The molecule has 1 amide bonds. The third-order valence-corrected chi connectivity index (χ3v) is 5.05. The highest BCUT2D eigenvalue weighted by molar-refractivity contribution is 5.98. The molecule has 0 fully saturated rings. The van der Waals surface area contributed by atoms with Gasteiger partial charge >= 0.3 is 5.97 Å². The summed E-state index contributed by atoms with van der Waals surface area (Å²) in [6.45, 7) is 2.88. The first-order valence-corrected chi connectivity index (χ1v) is 9.60. The smallest absolute Gasteiger partial charge is 0.308 e. The summed E-state index contributed by atoms with van der Waals surface area (Å²) in [6, 6.07) is 18.8. The van der Waals surface area contributed by atoms with E-state index in [1.165, 1.54) is 13.8 Å². The number of methoxy groups -OCH3 is 1. The van der Waals surface area contributed by atoms with Crippen LogP contribution in [-0.2, 0) is 9.59 Å². The fraction of sp³-hybridized carbons (Fsp3) is 0.167. The standard InChI is InChI=1S/C24H22N2O4/c1-15(27)26-22(18-8-11-19(29-3)12-9-18)14-21(25-26)24-20-7-5-4-6-17(20)10-13-23(24)30-16(2)28/h4-14,22,25H,1-3H3/t22-/m0/s1. The van der Waals surface area contributed by atoms with E-state index < -0.39 is 5.97 Å². The number of nitrogens with zero attached hydrogens (tertiary/aromatic N) is 1. The van der Waals surface area contributed by atoms with Crippen LogP contribution in [0.25, 0.3) is 16.5 Å². The van der Waals surface area contributed by atoms with Gasteiger partial charge in [-0.2, -0.15) is 0 Å². The molecule has 3 aromatic carbocycles. The molecule has 3 aromatic rings. The van der Waals surface area contributed by atoms with Crippen LogP contribution in [0.3, 0.4) is 0 Å². The molecule has 1 heterocycles. The molecular weight excluding hydrogens is 380 g/mol. The van der Waals surface area contributed by atoms with E-state index in [2.05, 4.69) is 5.43 Å². The second-order valence-corrected chi connectivity index (χ2v) is 7.05. The van der Waals surface area contributed by atoms with E-state index >= 15 is 0 Å². The maximum absolute atomic E-state index is 12.4. The number of hydrogen-bond donors (Lipinski definition) is 1. The maximum Gasteiger partial charge on any atom is 0.308 e. The van der Waals surface area contributed by atoms with Gasteiger partial charge in [0.2, 0.25) is 5.91 Å². The molecule has 0 radical (unpaired) electrons. The highest BCUT2D eigenvalue weighted by Gasteiger charge is 2.31. The van der Waals surface area contributed by atoms with Crippen molar-refractivity contribution >= 4 is 28.3 Å². The quantitative estimate of drug-likeness (QED) is 0.523. The Kier molecular flexibility index (Phi) is 5.14. The van der Waals surface area contributed by atoms with E-state index in [0.717, 1.165) is 27.6 Å². The fourth-order valence-corrected chi connectivity index (χ4v) is 3.70. The van der Waals surface area contributed by atoms with Gasteiger partial charge in [-0.25, -0.2) is 5.01 Å². The van der Waals surface area contributed by atoms with Crippen LogP contribution in [0.1, 0.15) is 31.0 Å². The van der Waals surface area contributed by atoms with Crippen molar-refractivity contribution in [3.63, 3.8) is 0 Å². The molecule has 0 saturated carbocycles.